The molecule has 5 nitrogen and oxygen atoms in total. The summed E-state index contributed by atoms with van der Waals surface area (Å²) in [6.07, 6.45) is 87.9. The van der Waals surface area contributed by atoms with E-state index in [0.717, 1.165) is 109 Å². The van der Waals surface area contributed by atoms with Gasteiger partial charge in [0.1, 0.15) is 12.3 Å². The molecular weight excluding hydrogens is 1100 g/mol. The minimum Gasteiger partial charge on any atom is -0.494 e. The van der Waals surface area contributed by atoms with Crippen LogP contribution >= 0.6 is 0 Å². The third kappa shape index (κ3) is 12.8. The minimum atomic E-state index is -0.864. The average molecular weight is 1220 g/mol. The molecule has 1 heterocycles. The van der Waals surface area contributed by atoms with Crippen LogP contribution in [-0.4, -0.2) is 64.6 Å². The van der Waals surface area contributed by atoms with Crippen molar-refractivity contribution in [2.24, 2.45) is 58.7 Å². The third-order valence-electron chi connectivity index (χ3n) is 25.5. The highest BCUT2D eigenvalue weighted by molar-refractivity contribution is 5.44. The van der Waals surface area contributed by atoms with E-state index in [0.29, 0.717) is 84.0 Å². The molecule has 14 aliphatic rings. The van der Waals surface area contributed by atoms with Crippen molar-refractivity contribution in [1.82, 2.24) is 9.80 Å². The van der Waals surface area contributed by atoms with Crippen molar-refractivity contribution in [3.63, 3.8) is 0 Å². The van der Waals surface area contributed by atoms with E-state index in [2.05, 4.69) is 146 Å². The fourth-order valence-corrected chi connectivity index (χ4v) is 21.0. The Morgan fingerprint density at radius 3 is 2.18 bits per heavy atom. The SMILES string of the molecule is C=CC1=CCC(OC2=CC=C(C3(C4C=CC(OC(CC)CCCC)CC4)C4CC(N(C5=CCC(C6=CC7C8CC(C9=CCC(OC%10CC=C(C=C)CC%10)CC9)CC=C8N(C8=CCCCC8)C7C=C6)C=C5)C5C=CC(F)CC5)C=CC4C4CCCCC43)CC2)CC1. The quantitative estimate of drug-likeness (QED) is 0.114. The molecule has 13 aliphatic carbocycles. The van der Waals surface area contributed by atoms with Gasteiger partial charge in [0.25, 0.3) is 0 Å². The second-order valence-electron chi connectivity index (χ2n) is 30.4. The van der Waals surface area contributed by atoms with Crippen molar-refractivity contribution in [3.8, 4) is 0 Å². The summed E-state index contributed by atoms with van der Waals surface area (Å²) in [5.41, 5.74) is 12.3. The predicted molar refractivity (Wildman–Crippen MR) is 369 cm³/mol. The molecule has 3 fully saturated rings. The van der Waals surface area contributed by atoms with Gasteiger partial charge in [-0.15, -0.1) is 0 Å². The van der Waals surface area contributed by atoms with Crippen molar-refractivity contribution in [1.29, 1.82) is 0 Å². The summed E-state index contributed by atoms with van der Waals surface area (Å²) in [5, 5.41) is 0. The fraction of sp³-hybridized carbons (Fsp3) is 0.619. The van der Waals surface area contributed by atoms with Crippen LogP contribution < -0.4 is 0 Å². The number of hydrogen-bond acceptors (Lipinski definition) is 5. The molecule has 0 bridgehead atoms. The number of halogens is 1. The molecule has 0 aromatic rings. The highest BCUT2D eigenvalue weighted by atomic mass is 19.1. The van der Waals surface area contributed by atoms with Crippen molar-refractivity contribution >= 4 is 0 Å². The van der Waals surface area contributed by atoms with Crippen LogP contribution in [0.15, 0.2) is 191 Å². The third-order valence-corrected chi connectivity index (χ3v) is 25.5. The maximum Gasteiger partial charge on any atom is 0.118 e. The van der Waals surface area contributed by atoms with Crippen LogP contribution in [0.3, 0.4) is 0 Å². The first-order chi connectivity index (χ1) is 44.3. The highest BCUT2D eigenvalue weighted by Gasteiger charge is 2.64. The number of rotatable bonds is 20. The summed E-state index contributed by atoms with van der Waals surface area (Å²) >= 11 is 0. The molecule has 0 N–H and O–H groups in total. The smallest absolute Gasteiger partial charge is 0.118 e. The Hall–Kier alpha value is -4.91. The first-order valence-electron chi connectivity index (χ1n) is 37.4. The van der Waals surface area contributed by atoms with Crippen LogP contribution in [0.1, 0.15) is 213 Å². The van der Waals surface area contributed by atoms with E-state index in [1.807, 2.05) is 18.2 Å². The van der Waals surface area contributed by atoms with Crippen LogP contribution in [0.25, 0.3) is 0 Å². The maximum atomic E-state index is 15.3. The van der Waals surface area contributed by atoms with Gasteiger partial charge in [-0.05, 0) is 214 Å². The van der Waals surface area contributed by atoms with Crippen LogP contribution in [0.4, 0.5) is 4.39 Å². The van der Waals surface area contributed by atoms with Gasteiger partial charge < -0.3 is 24.0 Å². The van der Waals surface area contributed by atoms with Gasteiger partial charge in [0, 0.05) is 65.2 Å². The fourth-order valence-electron chi connectivity index (χ4n) is 21.0. The summed E-state index contributed by atoms with van der Waals surface area (Å²) in [4.78, 5) is 5.64. The lowest BCUT2D eigenvalue weighted by atomic mass is 9.52. The van der Waals surface area contributed by atoms with E-state index >= 15 is 4.39 Å². The molecule has 19 atom stereocenters. The summed E-state index contributed by atoms with van der Waals surface area (Å²) in [5.74, 6) is 6.04. The van der Waals surface area contributed by atoms with E-state index < -0.39 is 6.17 Å². The summed E-state index contributed by atoms with van der Waals surface area (Å²) in [6.45, 7) is 12.7. The van der Waals surface area contributed by atoms with E-state index in [-0.39, 0.29) is 29.7 Å². The van der Waals surface area contributed by atoms with Gasteiger partial charge in [-0.2, -0.15) is 0 Å². The monoisotopic (exact) mass is 1210 g/mol. The van der Waals surface area contributed by atoms with Gasteiger partial charge in [0.2, 0.25) is 0 Å². The molecule has 90 heavy (non-hydrogen) atoms. The molecule has 0 spiro atoms. The van der Waals surface area contributed by atoms with Crippen LogP contribution in [0.2, 0.25) is 0 Å². The van der Waals surface area contributed by atoms with E-state index in [9.17, 15) is 0 Å². The number of alkyl halides is 1. The molecule has 14 rings (SSSR count). The molecule has 2 saturated carbocycles. The molecule has 19 unspecified atom stereocenters. The zero-order valence-electron chi connectivity index (χ0n) is 55.3. The summed E-state index contributed by atoms with van der Waals surface area (Å²) < 4.78 is 35.9. The van der Waals surface area contributed by atoms with Gasteiger partial charge in [-0.25, -0.2) is 4.39 Å². The lowest BCUT2D eigenvalue weighted by Gasteiger charge is -2.53. The van der Waals surface area contributed by atoms with Crippen LogP contribution in [0.5, 0.6) is 0 Å². The lowest BCUT2D eigenvalue weighted by Crippen LogP contribution is -2.49. The van der Waals surface area contributed by atoms with Crippen molar-refractivity contribution in [3.05, 3.63) is 191 Å². The zero-order valence-corrected chi connectivity index (χ0v) is 55.3. The Kier molecular flexibility index (Phi) is 19.7. The predicted octanol–water partition coefficient (Wildman–Crippen LogP) is 21.1. The standard InChI is InChI=1S/C84H111FN2O3/c1-5-9-17-70(8-4)88-74-47-30-63(31-48-74)84(64-32-49-75(50-33-64)90-72-43-22-58(7-3)23-44-72)80-19-14-13-18-76(80)77-51-40-69(56-81(77)84)86(68-38-34-65(85)35-39-68)67-36-24-59(25-37-67)61-28-52-82-78(54-61)79-55-62(29-53-83(79)87(82)66-15-11-10-12-16-66)60-26-45-73(46-27-60)89-71-41-20-57(6-2)21-42-71/h6-7,15,20,22,24,26,28,30,32,34,36-38,40,47,49,51-54,59,62-63,65,68-74,76-82H,2-3,5,8-14,16-19,21,23,25,27,29,31,33,35,39,41-46,48,50,55-56H2,1,4H3. The first kappa shape index (κ1) is 62.5. The Balaban J connectivity index is 0.734. The van der Waals surface area contributed by atoms with Gasteiger partial charge in [-0.1, -0.05) is 190 Å². The normalized spacial score (nSPS) is 39.1. The molecular formula is C84H111FN2O3. The largest absolute Gasteiger partial charge is 0.494 e. The maximum absolute atomic E-state index is 15.3. The number of ether oxygens (including phenoxy) is 3. The zero-order chi connectivity index (χ0) is 61.1. The van der Waals surface area contributed by atoms with Gasteiger partial charge in [-0.3, -0.25) is 0 Å². The molecule has 482 valence electrons. The molecule has 0 radical (unpaired) electrons. The lowest BCUT2D eigenvalue weighted by molar-refractivity contribution is -0.0212. The second-order valence-corrected chi connectivity index (χ2v) is 30.4. The Bertz CT molecular complexity index is 3070. The molecule has 0 amide bonds. The van der Waals surface area contributed by atoms with Gasteiger partial charge in [0.15, 0.2) is 0 Å². The first-order valence-corrected chi connectivity index (χ1v) is 37.4. The van der Waals surface area contributed by atoms with Crippen LogP contribution in [0, 0.1) is 58.7 Å². The average Bonchev–Trinajstić information content (AvgIpc) is 1.53. The highest BCUT2D eigenvalue weighted by Crippen LogP contribution is 2.70. The molecule has 0 aromatic heterocycles. The van der Waals surface area contributed by atoms with Crippen molar-refractivity contribution < 1.29 is 18.6 Å². The number of likely N-dealkylation sites (tertiary alicyclic amines) is 1. The molecule has 0 aromatic carbocycles. The number of fused-ring (bicyclic) bond motifs is 6. The minimum absolute atomic E-state index is 0.0594. The van der Waals surface area contributed by atoms with E-state index in [4.69, 9.17) is 14.2 Å². The van der Waals surface area contributed by atoms with Crippen molar-refractivity contribution in [2.45, 2.75) is 268 Å². The number of nitrogens with zero attached hydrogens (tertiary/aromatic N) is 2. The van der Waals surface area contributed by atoms with Crippen LogP contribution in [-0.2, 0) is 14.2 Å². The number of allylic oxidation sites excluding steroid dienone is 21. The van der Waals surface area contributed by atoms with Gasteiger partial charge >= 0.3 is 0 Å². The van der Waals surface area contributed by atoms with E-state index in [1.54, 1.807) is 22.5 Å². The van der Waals surface area contributed by atoms with Crippen molar-refractivity contribution in [2.75, 3.05) is 0 Å². The molecule has 1 aliphatic heterocycles. The summed E-state index contributed by atoms with van der Waals surface area (Å²) in [7, 11) is 0. The Labute approximate surface area is 543 Å². The summed E-state index contributed by atoms with van der Waals surface area (Å²) in [6, 6.07) is 0.775. The molecule has 1 saturated heterocycles. The van der Waals surface area contributed by atoms with E-state index in [1.165, 1.54) is 112 Å². The van der Waals surface area contributed by atoms with Gasteiger partial charge in [0.05, 0.1) is 36.2 Å². The second kappa shape index (κ2) is 28.4. The Morgan fingerprint density at radius 2 is 1.49 bits per heavy atom. The number of unbranched alkanes of at least 4 members (excludes halogenated alkanes) is 1. The number of hydrogen-bond donors (Lipinski definition) is 0. The Morgan fingerprint density at radius 1 is 0.667 bits per heavy atom. The topological polar surface area (TPSA) is 34.2 Å². The molecule has 6 heteroatoms.